The molecule has 0 bridgehead atoms. The van der Waals surface area contributed by atoms with E-state index >= 15 is 0 Å². The van der Waals surface area contributed by atoms with Gasteiger partial charge in [-0.05, 0) is 39.0 Å². The number of rotatable bonds is 1. The van der Waals surface area contributed by atoms with Gasteiger partial charge in [-0.1, -0.05) is 0 Å². The summed E-state index contributed by atoms with van der Waals surface area (Å²) >= 11 is 0. The summed E-state index contributed by atoms with van der Waals surface area (Å²) in [5, 5.41) is 2.82. The number of fused-ring (bicyclic) bond motifs is 1. The van der Waals surface area contributed by atoms with E-state index in [9.17, 15) is 14.4 Å². The van der Waals surface area contributed by atoms with Crippen LogP contribution in [0.5, 0.6) is 0 Å². The number of hydrogen-bond donors (Lipinski definition) is 1. The monoisotopic (exact) mass is 260 g/mol. The molecule has 0 fully saturated rings. The summed E-state index contributed by atoms with van der Waals surface area (Å²) in [6, 6.07) is 4.56. The van der Waals surface area contributed by atoms with Gasteiger partial charge in [0.1, 0.15) is 0 Å². The van der Waals surface area contributed by atoms with Crippen LogP contribution >= 0.6 is 0 Å². The van der Waals surface area contributed by atoms with Crippen molar-refractivity contribution >= 4 is 17.7 Å². The number of amides is 3. The molecule has 3 amide bonds. The molecule has 5 nitrogen and oxygen atoms in total. The topological polar surface area (TPSA) is 66.5 Å². The third kappa shape index (κ3) is 2.36. The maximum absolute atomic E-state index is 12.0. The zero-order valence-corrected chi connectivity index (χ0v) is 11.4. The Morgan fingerprint density at radius 2 is 1.68 bits per heavy atom. The molecule has 0 saturated carbocycles. The first-order chi connectivity index (χ1) is 8.70. The minimum absolute atomic E-state index is 0.259. The first kappa shape index (κ1) is 13.3. The highest BCUT2D eigenvalue weighted by Crippen LogP contribution is 2.22. The summed E-state index contributed by atoms with van der Waals surface area (Å²) in [4.78, 5) is 36.6. The van der Waals surface area contributed by atoms with E-state index in [1.165, 1.54) is 19.2 Å². The number of imide groups is 1. The van der Waals surface area contributed by atoms with Crippen molar-refractivity contribution in [3.63, 3.8) is 0 Å². The summed E-state index contributed by atoms with van der Waals surface area (Å²) in [5.74, 6) is -0.960. The van der Waals surface area contributed by atoms with Crippen LogP contribution in [0.25, 0.3) is 0 Å². The van der Waals surface area contributed by atoms with E-state index < -0.39 is 0 Å². The lowest BCUT2D eigenvalue weighted by molar-refractivity contribution is 0.0693. The zero-order chi connectivity index (χ0) is 14.4. The van der Waals surface area contributed by atoms with Crippen LogP contribution in [0.2, 0.25) is 0 Å². The van der Waals surface area contributed by atoms with Crippen LogP contribution in [-0.4, -0.2) is 35.2 Å². The molecule has 0 atom stereocenters. The van der Waals surface area contributed by atoms with Gasteiger partial charge < -0.3 is 5.32 Å². The fourth-order valence-electron chi connectivity index (χ4n) is 1.92. The minimum atomic E-state index is -0.370. The fraction of sp³-hybridized carbons (Fsp3) is 0.357. The molecule has 1 aromatic carbocycles. The van der Waals surface area contributed by atoms with Gasteiger partial charge in [-0.2, -0.15) is 0 Å². The van der Waals surface area contributed by atoms with Gasteiger partial charge in [0.05, 0.1) is 11.1 Å². The minimum Gasteiger partial charge on any atom is -0.347 e. The molecule has 19 heavy (non-hydrogen) atoms. The second-order valence-corrected chi connectivity index (χ2v) is 5.63. The first-order valence-electron chi connectivity index (χ1n) is 5.99. The average molecular weight is 260 g/mol. The maximum atomic E-state index is 12.0. The van der Waals surface area contributed by atoms with E-state index in [1.54, 1.807) is 6.07 Å². The summed E-state index contributed by atoms with van der Waals surface area (Å²) in [7, 11) is 1.43. The lowest BCUT2D eigenvalue weighted by Gasteiger charge is -2.20. The lowest BCUT2D eigenvalue weighted by Crippen LogP contribution is -2.40. The van der Waals surface area contributed by atoms with Crippen molar-refractivity contribution < 1.29 is 14.4 Å². The Hall–Kier alpha value is -2.17. The van der Waals surface area contributed by atoms with E-state index in [4.69, 9.17) is 0 Å². The standard InChI is InChI=1S/C14H16N2O3/c1-14(2,3)15-11(17)8-5-6-9-10(7-8)13(19)16(4)12(9)18/h5-7H,1-4H3,(H,15,17). The molecule has 0 unspecified atom stereocenters. The van der Waals surface area contributed by atoms with Gasteiger partial charge in [0.2, 0.25) is 0 Å². The van der Waals surface area contributed by atoms with Crippen LogP contribution in [0.1, 0.15) is 51.8 Å². The Balaban J connectivity index is 2.36. The van der Waals surface area contributed by atoms with Crippen molar-refractivity contribution in [1.29, 1.82) is 0 Å². The van der Waals surface area contributed by atoms with Gasteiger partial charge in [0, 0.05) is 18.2 Å². The maximum Gasteiger partial charge on any atom is 0.261 e. The van der Waals surface area contributed by atoms with Crippen LogP contribution in [-0.2, 0) is 0 Å². The highest BCUT2D eigenvalue weighted by molar-refractivity contribution is 6.21. The van der Waals surface area contributed by atoms with Gasteiger partial charge in [0.25, 0.3) is 17.7 Å². The molecule has 0 aromatic heterocycles. The lowest BCUT2D eigenvalue weighted by atomic mass is 10.0. The van der Waals surface area contributed by atoms with Crippen LogP contribution in [0.4, 0.5) is 0 Å². The second-order valence-electron chi connectivity index (χ2n) is 5.63. The van der Waals surface area contributed by atoms with Crippen molar-refractivity contribution in [2.24, 2.45) is 0 Å². The number of nitrogens with zero attached hydrogens (tertiary/aromatic N) is 1. The Bertz CT molecular complexity index is 585. The van der Waals surface area contributed by atoms with Gasteiger partial charge in [-0.25, -0.2) is 0 Å². The molecule has 0 aliphatic carbocycles. The average Bonchev–Trinajstić information content (AvgIpc) is 2.52. The van der Waals surface area contributed by atoms with Crippen molar-refractivity contribution in [2.75, 3.05) is 7.05 Å². The third-order valence-electron chi connectivity index (χ3n) is 2.84. The highest BCUT2D eigenvalue weighted by Gasteiger charge is 2.33. The quantitative estimate of drug-likeness (QED) is 0.777. The number of nitrogens with one attached hydrogen (secondary N) is 1. The molecule has 1 N–H and O–H groups in total. The first-order valence-corrected chi connectivity index (χ1v) is 5.99. The summed E-state index contributed by atoms with van der Waals surface area (Å²) in [6.45, 7) is 5.63. The van der Waals surface area contributed by atoms with Crippen LogP contribution < -0.4 is 5.32 Å². The smallest absolute Gasteiger partial charge is 0.261 e. The molecule has 0 spiro atoms. The van der Waals surface area contributed by atoms with E-state index in [0.29, 0.717) is 11.1 Å². The van der Waals surface area contributed by atoms with Gasteiger partial charge in [-0.15, -0.1) is 0 Å². The van der Waals surface area contributed by atoms with Crippen molar-refractivity contribution in [3.05, 3.63) is 34.9 Å². The largest absolute Gasteiger partial charge is 0.347 e. The Labute approximate surface area is 111 Å². The number of hydrogen-bond acceptors (Lipinski definition) is 3. The van der Waals surface area contributed by atoms with E-state index in [0.717, 1.165) is 4.90 Å². The molecule has 100 valence electrons. The van der Waals surface area contributed by atoms with E-state index in [1.807, 2.05) is 20.8 Å². The Morgan fingerprint density at radius 3 is 2.26 bits per heavy atom. The van der Waals surface area contributed by atoms with Gasteiger partial charge in [0.15, 0.2) is 0 Å². The van der Waals surface area contributed by atoms with E-state index in [-0.39, 0.29) is 28.8 Å². The third-order valence-corrected chi connectivity index (χ3v) is 2.84. The molecule has 1 heterocycles. The molecule has 1 aliphatic heterocycles. The van der Waals surface area contributed by atoms with Crippen LogP contribution in [0.15, 0.2) is 18.2 Å². The Kier molecular flexibility index (Phi) is 2.92. The summed E-state index contributed by atoms with van der Waals surface area (Å²) < 4.78 is 0. The van der Waals surface area contributed by atoms with Gasteiger partial charge >= 0.3 is 0 Å². The van der Waals surface area contributed by atoms with Crippen molar-refractivity contribution in [3.8, 4) is 0 Å². The summed E-state index contributed by atoms with van der Waals surface area (Å²) in [6.07, 6.45) is 0. The molecule has 0 saturated heterocycles. The normalized spacial score (nSPS) is 14.6. The SMILES string of the molecule is CN1C(=O)c2ccc(C(=O)NC(C)(C)C)cc2C1=O. The van der Waals surface area contributed by atoms with Crippen LogP contribution in [0, 0.1) is 0 Å². The van der Waals surface area contributed by atoms with Crippen LogP contribution in [0.3, 0.4) is 0 Å². The van der Waals surface area contributed by atoms with Crippen molar-refractivity contribution in [2.45, 2.75) is 26.3 Å². The van der Waals surface area contributed by atoms with Crippen molar-refractivity contribution in [1.82, 2.24) is 10.2 Å². The van der Waals surface area contributed by atoms with E-state index in [2.05, 4.69) is 5.32 Å². The fourth-order valence-corrected chi connectivity index (χ4v) is 1.92. The predicted molar refractivity (Wildman–Crippen MR) is 70.1 cm³/mol. The highest BCUT2D eigenvalue weighted by atomic mass is 16.2. The molecule has 0 radical (unpaired) electrons. The molecule has 2 rings (SSSR count). The second kappa shape index (κ2) is 4.19. The predicted octanol–water partition coefficient (Wildman–Crippen LogP) is 1.44. The number of carbonyl (C=O) groups is 3. The molecule has 5 heteroatoms. The molecule has 1 aromatic rings. The number of carbonyl (C=O) groups excluding carboxylic acids is 3. The molecular weight excluding hydrogens is 244 g/mol. The summed E-state index contributed by atoms with van der Waals surface area (Å²) in [5.41, 5.74) is 0.659. The zero-order valence-electron chi connectivity index (χ0n) is 11.4. The molecule has 1 aliphatic rings. The van der Waals surface area contributed by atoms with Gasteiger partial charge in [-0.3, -0.25) is 19.3 Å². The number of benzene rings is 1. The molecular formula is C14H16N2O3. The Morgan fingerprint density at radius 1 is 1.11 bits per heavy atom.